The van der Waals surface area contributed by atoms with Crippen molar-refractivity contribution in [1.82, 2.24) is 5.32 Å². The van der Waals surface area contributed by atoms with Gasteiger partial charge in [-0.3, -0.25) is 0 Å². The third-order valence-electron chi connectivity index (χ3n) is 4.14. The summed E-state index contributed by atoms with van der Waals surface area (Å²) < 4.78 is 0. The maximum absolute atomic E-state index is 3.65. The molecule has 2 rings (SSSR count). The maximum Gasteiger partial charge on any atom is 0.00229 e. The molecule has 1 saturated carbocycles. The lowest BCUT2D eigenvalue weighted by Gasteiger charge is -2.34. The topological polar surface area (TPSA) is 12.0 Å². The zero-order chi connectivity index (χ0) is 13.0. The van der Waals surface area contributed by atoms with Gasteiger partial charge in [0.2, 0.25) is 0 Å². The predicted molar refractivity (Wildman–Crippen MR) is 79.0 cm³/mol. The second-order valence-corrected chi connectivity index (χ2v) is 6.26. The molecule has 0 heterocycles. The van der Waals surface area contributed by atoms with Gasteiger partial charge in [-0.25, -0.2) is 0 Å². The van der Waals surface area contributed by atoms with Crippen LogP contribution in [-0.2, 0) is 0 Å². The van der Waals surface area contributed by atoms with Crippen LogP contribution < -0.4 is 5.32 Å². The molecule has 0 aromatic heterocycles. The quantitative estimate of drug-likeness (QED) is 0.795. The zero-order valence-electron chi connectivity index (χ0n) is 12.1. The van der Waals surface area contributed by atoms with E-state index in [0.29, 0.717) is 0 Å². The molecule has 0 bridgehead atoms. The van der Waals surface area contributed by atoms with E-state index in [2.05, 4.69) is 50.4 Å². The van der Waals surface area contributed by atoms with Crippen LogP contribution in [0.3, 0.4) is 0 Å². The third-order valence-corrected chi connectivity index (χ3v) is 4.14. The first-order valence-corrected chi connectivity index (χ1v) is 7.44. The Hall–Kier alpha value is -0.820. The summed E-state index contributed by atoms with van der Waals surface area (Å²) in [5.41, 5.74) is 2.89. The van der Waals surface area contributed by atoms with Crippen molar-refractivity contribution in [3.63, 3.8) is 0 Å². The fourth-order valence-electron chi connectivity index (χ4n) is 2.74. The molecule has 1 nitrogen and oxygen atoms in total. The fourth-order valence-corrected chi connectivity index (χ4v) is 2.74. The monoisotopic (exact) mass is 245 g/mol. The summed E-state index contributed by atoms with van der Waals surface area (Å²) in [6, 6.07) is 9.16. The van der Waals surface area contributed by atoms with Gasteiger partial charge < -0.3 is 5.32 Å². The molecule has 1 fully saturated rings. The van der Waals surface area contributed by atoms with E-state index >= 15 is 0 Å². The summed E-state index contributed by atoms with van der Waals surface area (Å²) in [5, 5.41) is 3.65. The van der Waals surface area contributed by atoms with Crippen molar-refractivity contribution >= 4 is 0 Å². The molecule has 0 amide bonds. The molecule has 0 saturated heterocycles. The first kappa shape index (κ1) is 13.6. The Morgan fingerprint density at radius 2 is 1.78 bits per heavy atom. The zero-order valence-corrected chi connectivity index (χ0v) is 12.1. The van der Waals surface area contributed by atoms with E-state index in [1.165, 1.54) is 30.4 Å². The van der Waals surface area contributed by atoms with Gasteiger partial charge in [-0.2, -0.15) is 0 Å². The summed E-state index contributed by atoms with van der Waals surface area (Å²) in [7, 11) is 0. The molecule has 1 atom stereocenters. The van der Waals surface area contributed by atoms with Gasteiger partial charge >= 0.3 is 0 Å². The molecule has 0 aliphatic heterocycles. The number of benzene rings is 1. The Balaban J connectivity index is 1.98. The Kier molecular flexibility index (Phi) is 4.82. The molecular weight excluding hydrogens is 218 g/mol. The molecule has 1 aromatic rings. The van der Waals surface area contributed by atoms with Gasteiger partial charge in [0.15, 0.2) is 0 Å². The smallest absolute Gasteiger partial charge is 0.00229 e. The van der Waals surface area contributed by atoms with E-state index in [-0.39, 0.29) is 0 Å². The summed E-state index contributed by atoms with van der Waals surface area (Å²) in [5.74, 6) is 2.37. The number of hydrogen-bond donors (Lipinski definition) is 1. The molecule has 1 heteroatoms. The first-order valence-electron chi connectivity index (χ1n) is 7.44. The van der Waals surface area contributed by atoms with Crippen LogP contribution in [0, 0.1) is 18.8 Å². The van der Waals surface area contributed by atoms with Crippen LogP contribution in [0.5, 0.6) is 0 Å². The average Bonchev–Trinajstić information content (AvgIpc) is 2.26. The Morgan fingerprint density at radius 1 is 1.11 bits per heavy atom. The fraction of sp³-hybridized carbons (Fsp3) is 0.647. The van der Waals surface area contributed by atoms with Crippen molar-refractivity contribution in [1.29, 1.82) is 0 Å². The second-order valence-electron chi connectivity index (χ2n) is 6.26. The average molecular weight is 245 g/mol. The van der Waals surface area contributed by atoms with Crippen molar-refractivity contribution in [2.45, 2.75) is 46.0 Å². The summed E-state index contributed by atoms with van der Waals surface area (Å²) in [6.45, 7) is 8.99. The highest BCUT2D eigenvalue weighted by atomic mass is 14.9. The molecule has 0 radical (unpaired) electrons. The van der Waals surface area contributed by atoms with Gasteiger partial charge in [-0.1, -0.05) is 50.1 Å². The predicted octanol–water partition coefficient (Wildman–Crippen LogP) is 4.12. The Morgan fingerprint density at radius 3 is 2.28 bits per heavy atom. The number of rotatable bonds is 6. The van der Waals surface area contributed by atoms with Crippen LogP contribution in [0.25, 0.3) is 0 Å². The van der Waals surface area contributed by atoms with Crippen LogP contribution >= 0.6 is 0 Å². The number of nitrogens with one attached hydrogen (secondary N) is 1. The lowest BCUT2D eigenvalue weighted by molar-refractivity contribution is 0.253. The highest BCUT2D eigenvalue weighted by Crippen LogP contribution is 2.39. The molecule has 100 valence electrons. The molecule has 1 unspecified atom stereocenters. The lowest BCUT2D eigenvalue weighted by atomic mass is 9.73. The minimum Gasteiger partial charge on any atom is -0.316 e. The molecule has 1 aliphatic rings. The second kappa shape index (κ2) is 6.38. The Bertz CT molecular complexity index is 348. The summed E-state index contributed by atoms with van der Waals surface area (Å²) in [4.78, 5) is 0. The van der Waals surface area contributed by atoms with Crippen molar-refractivity contribution in [2.24, 2.45) is 11.8 Å². The minimum atomic E-state index is 0.720. The van der Waals surface area contributed by atoms with Gasteiger partial charge in [0.1, 0.15) is 0 Å². The van der Waals surface area contributed by atoms with Gasteiger partial charge in [-0.05, 0) is 49.6 Å². The first-order chi connectivity index (χ1) is 8.66. The normalized spacial score (nSPS) is 17.8. The summed E-state index contributed by atoms with van der Waals surface area (Å²) in [6.07, 6.45) is 4.26. The molecule has 18 heavy (non-hydrogen) atoms. The van der Waals surface area contributed by atoms with Crippen molar-refractivity contribution in [3.8, 4) is 0 Å². The summed E-state index contributed by atoms with van der Waals surface area (Å²) >= 11 is 0. The molecular formula is C17H27N. The standard InChI is InChI=1S/C17H27N/c1-13(2)11-18-12-17(15-5-4-6-15)16-9-7-14(3)8-10-16/h7-10,13,15,17-18H,4-6,11-12H2,1-3H3. The lowest BCUT2D eigenvalue weighted by Crippen LogP contribution is -2.32. The van der Waals surface area contributed by atoms with Crippen LogP contribution in [0.2, 0.25) is 0 Å². The highest BCUT2D eigenvalue weighted by molar-refractivity contribution is 5.25. The van der Waals surface area contributed by atoms with E-state index in [1.54, 1.807) is 0 Å². The van der Waals surface area contributed by atoms with E-state index in [4.69, 9.17) is 0 Å². The molecule has 1 aromatic carbocycles. The Labute approximate surface area is 112 Å². The van der Waals surface area contributed by atoms with Gasteiger partial charge in [0.25, 0.3) is 0 Å². The van der Waals surface area contributed by atoms with E-state index in [1.807, 2.05) is 0 Å². The van der Waals surface area contributed by atoms with Crippen molar-refractivity contribution in [3.05, 3.63) is 35.4 Å². The number of hydrogen-bond acceptors (Lipinski definition) is 1. The highest BCUT2D eigenvalue weighted by Gasteiger charge is 2.28. The minimum absolute atomic E-state index is 0.720. The van der Waals surface area contributed by atoms with Crippen LogP contribution in [0.1, 0.15) is 50.2 Å². The largest absolute Gasteiger partial charge is 0.316 e. The van der Waals surface area contributed by atoms with Crippen molar-refractivity contribution in [2.75, 3.05) is 13.1 Å². The van der Waals surface area contributed by atoms with Crippen LogP contribution in [0.4, 0.5) is 0 Å². The van der Waals surface area contributed by atoms with Gasteiger partial charge in [0.05, 0.1) is 0 Å². The van der Waals surface area contributed by atoms with Crippen LogP contribution in [-0.4, -0.2) is 13.1 Å². The third kappa shape index (κ3) is 3.58. The van der Waals surface area contributed by atoms with Crippen LogP contribution in [0.15, 0.2) is 24.3 Å². The van der Waals surface area contributed by atoms with Gasteiger partial charge in [-0.15, -0.1) is 0 Å². The maximum atomic E-state index is 3.65. The molecule has 0 spiro atoms. The van der Waals surface area contributed by atoms with E-state index in [0.717, 1.165) is 30.8 Å². The van der Waals surface area contributed by atoms with E-state index < -0.39 is 0 Å². The van der Waals surface area contributed by atoms with E-state index in [9.17, 15) is 0 Å². The van der Waals surface area contributed by atoms with Gasteiger partial charge in [0, 0.05) is 6.54 Å². The SMILES string of the molecule is Cc1ccc(C(CNCC(C)C)C2CCC2)cc1. The molecule has 1 aliphatic carbocycles. The molecule has 1 N–H and O–H groups in total. The van der Waals surface area contributed by atoms with Crippen molar-refractivity contribution < 1.29 is 0 Å². The number of aryl methyl sites for hydroxylation is 1.